The number of aliphatic hydroxyl groups is 1. The molecule has 7 heteroatoms. The van der Waals surface area contributed by atoms with Crippen LogP contribution < -0.4 is 4.74 Å². The van der Waals surface area contributed by atoms with Crippen molar-refractivity contribution < 1.29 is 24.2 Å². The van der Waals surface area contributed by atoms with Crippen molar-refractivity contribution in [1.29, 1.82) is 0 Å². The highest BCUT2D eigenvalue weighted by Gasteiger charge is 2.47. The molecule has 0 aliphatic carbocycles. The first-order chi connectivity index (χ1) is 16.5. The Balaban J connectivity index is 1.68. The van der Waals surface area contributed by atoms with E-state index < -0.39 is 17.7 Å². The minimum Gasteiger partial charge on any atom is -0.507 e. The molecule has 2 aliphatic heterocycles. The monoisotopic (exact) mass is 483 g/mol. The van der Waals surface area contributed by atoms with Crippen molar-refractivity contribution in [3.05, 3.63) is 70.3 Å². The van der Waals surface area contributed by atoms with Gasteiger partial charge in [-0.3, -0.25) is 9.59 Å². The molecular formula is C27H30ClNO5. The fraction of sp³-hybridized carbons (Fsp3) is 0.407. The van der Waals surface area contributed by atoms with Gasteiger partial charge in [0.25, 0.3) is 11.7 Å². The van der Waals surface area contributed by atoms with Crippen LogP contribution in [0.2, 0.25) is 5.02 Å². The van der Waals surface area contributed by atoms with Crippen LogP contribution in [0.5, 0.6) is 5.75 Å². The number of hydrogen-bond acceptors (Lipinski definition) is 5. The first kappa shape index (κ1) is 24.3. The first-order valence-corrected chi connectivity index (χ1v) is 12.3. The summed E-state index contributed by atoms with van der Waals surface area (Å²) in [6, 6.07) is 13.2. The second-order valence-corrected chi connectivity index (χ2v) is 9.15. The Morgan fingerprint density at radius 1 is 1.12 bits per heavy atom. The number of ether oxygens (including phenoxy) is 2. The van der Waals surface area contributed by atoms with Crippen LogP contribution in [0.3, 0.4) is 0 Å². The summed E-state index contributed by atoms with van der Waals surface area (Å²) in [4.78, 5) is 27.7. The number of nitrogens with zero attached hydrogens (tertiary/aromatic N) is 1. The van der Waals surface area contributed by atoms with Gasteiger partial charge in [-0.15, -0.1) is 0 Å². The Morgan fingerprint density at radius 2 is 1.85 bits per heavy atom. The van der Waals surface area contributed by atoms with Gasteiger partial charge < -0.3 is 19.5 Å². The Hall–Kier alpha value is -2.83. The third-order valence-electron chi connectivity index (χ3n) is 6.29. The van der Waals surface area contributed by atoms with E-state index in [2.05, 4.69) is 6.92 Å². The number of halogens is 1. The van der Waals surface area contributed by atoms with Gasteiger partial charge >= 0.3 is 0 Å². The van der Waals surface area contributed by atoms with E-state index in [1.807, 2.05) is 24.3 Å². The van der Waals surface area contributed by atoms with Crippen LogP contribution in [0.1, 0.15) is 56.2 Å². The van der Waals surface area contributed by atoms with Crippen LogP contribution in [-0.4, -0.2) is 47.6 Å². The molecule has 2 fully saturated rings. The van der Waals surface area contributed by atoms with Gasteiger partial charge in [0.1, 0.15) is 11.5 Å². The first-order valence-electron chi connectivity index (χ1n) is 11.9. The van der Waals surface area contributed by atoms with E-state index in [0.29, 0.717) is 30.3 Å². The van der Waals surface area contributed by atoms with Crippen molar-refractivity contribution >= 4 is 29.1 Å². The largest absolute Gasteiger partial charge is 0.507 e. The quantitative estimate of drug-likeness (QED) is 0.220. The van der Waals surface area contributed by atoms with E-state index in [1.165, 1.54) is 4.90 Å². The van der Waals surface area contributed by atoms with E-state index in [4.69, 9.17) is 21.1 Å². The third kappa shape index (κ3) is 5.29. The number of rotatable bonds is 9. The molecule has 180 valence electrons. The predicted octanol–water partition coefficient (Wildman–Crippen LogP) is 5.51. The normalized spacial score (nSPS) is 21.9. The van der Waals surface area contributed by atoms with Crippen LogP contribution in [0.15, 0.2) is 54.1 Å². The van der Waals surface area contributed by atoms with Crippen LogP contribution in [-0.2, 0) is 14.3 Å². The summed E-state index contributed by atoms with van der Waals surface area (Å²) in [5.41, 5.74) is 1.23. The summed E-state index contributed by atoms with van der Waals surface area (Å²) in [6.45, 7) is 3.73. The Kier molecular flexibility index (Phi) is 7.91. The number of aliphatic hydroxyl groups excluding tert-OH is 1. The van der Waals surface area contributed by atoms with Crippen molar-refractivity contribution in [3.8, 4) is 5.75 Å². The number of Topliss-reactive ketones (excluding diaryl/α,β-unsaturated/α-hetero) is 1. The molecule has 2 aromatic rings. The summed E-state index contributed by atoms with van der Waals surface area (Å²) in [6.07, 6.45) is 4.85. The summed E-state index contributed by atoms with van der Waals surface area (Å²) < 4.78 is 11.6. The molecule has 2 aromatic carbocycles. The van der Waals surface area contributed by atoms with Crippen molar-refractivity contribution in [2.24, 2.45) is 0 Å². The van der Waals surface area contributed by atoms with Crippen LogP contribution in [0.25, 0.3) is 5.76 Å². The summed E-state index contributed by atoms with van der Waals surface area (Å²) >= 11 is 5.99. The highest BCUT2D eigenvalue weighted by atomic mass is 35.5. The van der Waals surface area contributed by atoms with Gasteiger partial charge in [0.2, 0.25) is 0 Å². The molecule has 0 bridgehead atoms. The lowest BCUT2D eigenvalue weighted by Gasteiger charge is -2.27. The molecule has 6 nitrogen and oxygen atoms in total. The molecule has 0 saturated carbocycles. The molecule has 2 saturated heterocycles. The standard InChI is InChI=1S/C27H30ClNO5/c1-2-3-4-15-33-21-13-9-18(10-14-21)24-23(25(30)19-7-11-20(28)12-8-19)26(31)27(32)29(24)17-22-6-5-16-34-22/h7-14,22,24,30H,2-6,15-17H2,1H3. The summed E-state index contributed by atoms with van der Waals surface area (Å²) in [5, 5.41) is 11.6. The average Bonchev–Trinajstić information content (AvgIpc) is 3.45. The average molecular weight is 484 g/mol. The highest BCUT2D eigenvalue weighted by Crippen LogP contribution is 2.40. The Labute approximate surface area is 205 Å². The fourth-order valence-corrected chi connectivity index (χ4v) is 4.60. The van der Waals surface area contributed by atoms with Crippen LogP contribution >= 0.6 is 11.6 Å². The van der Waals surface area contributed by atoms with E-state index in [-0.39, 0.29) is 17.4 Å². The maximum absolute atomic E-state index is 13.1. The molecule has 2 aliphatic rings. The lowest BCUT2D eigenvalue weighted by molar-refractivity contribution is -0.140. The van der Waals surface area contributed by atoms with Gasteiger partial charge in [-0.1, -0.05) is 43.5 Å². The predicted molar refractivity (Wildman–Crippen MR) is 131 cm³/mol. The number of carbonyl (C=O) groups excluding carboxylic acids is 2. The maximum atomic E-state index is 13.1. The second-order valence-electron chi connectivity index (χ2n) is 8.72. The molecule has 2 atom stereocenters. The van der Waals surface area contributed by atoms with Crippen molar-refractivity contribution in [3.63, 3.8) is 0 Å². The zero-order chi connectivity index (χ0) is 24.1. The van der Waals surface area contributed by atoms with Crippen LogP contribution in [0.4, 0.5) is 0 Å². The maximum Gasteiger partial charge on any atom is 0.295 e. The van der Waals surface area contributed by atoms with Gasteiger partial charge in [0, 0.05) is 23.7 Å². The van der Waals surface area contributed by atoms with Crippen molar-refractivity contribution in [2.75, 3.05) is 19.8 Å². The highest BCUT2D eigenvalue weighted by molar-refractivity contribution is 6.46. The smallest absolute Gasteiger partial charge is 0.295 e. The van der Waals surface area contributed by atoms with Crippen molar-refractivity contribution in [1.82, 2.24) is 4.90 Å². The molecule has 0 spiro atoms. The number of hydrogen-bond donors (Lipinski definition) is 1. The van der Waals surface area contributed by atoms with E-state index in [1.54, 1.807) is 24.3 Å². The van der Waals surface area contributed by atoms with Gasteiger partial charge in [0.15, 0.2) is 0 Å². The number of benzene rings is 2. The number of carbonyl (C=O) groups is 2. The second kappa shape index (κ2) is 11.1. The fourth-order valence-electron chi connectivity index (χ4n) is 4.47. The number of unbranched alkanes of at least 4 members (excludes halogenated alkanes) is 2. The SMILES string of the molecule is CCCCCOc1ccc(C2C(=C(O)c3ccc(Cl)cc3)C(=O)C(=O)N2CC2CCCO2)cc1. The van der Waals surface area contributed by atoms with E-state index >= 15 is 0 Å². The summed E-state index contributed by atoms with van der Waals surface area (Å²) in [5.74, 6) is -0.811. The van der Waals surface area contributed by atoms with Gasteiger partial charge in [-0.25, -0.2) is 0 Å². The molecule has 34 heavy (non-hydrogen) atoms. The van der Waals surface area contributed by atoms with Gasteiger partial charge in [-0.2, -0.15) is 0 Å². The van der Waals surface area contributed by atoms with Gasteiger partial charge in [0.05, 0.1) is 24.3 Å². The van der Waals surface area contributed by atoms with Gasteiger partial charge in [-0.05, 0) is 61.2 Å². The molecule has 4 rings (SSSR count). The topological polar surface area (TPSA) is 76.1 Å². The minimum absolute atomic E-state index is 0.0712. The van der Waals surface area contributed by atoms with Crippen LogP contribution in [0, 0.1) is 0 Å². The van der Waals surface area contributed by atoms with E-state index in [9.17, 15) is 14.7 Å². The third-order valence-corrected chi connectivity index (χ3v) is 6.55. The summed E-state index contributed by atoms with van der Waals surface area (Å²) in [7, 11) is 0. The zero-order valence-corrected chi connectivity index (χ0v) is 20.1. The lowest BCUT2D eigenvalue weighted by Crippen LogP contribution is -2.36. The van der Waals surface area contributed by atoms with Crippen molar-refractivity contribution in [2.45, 2.75) is 51.2 Å². The molecule has 2 unspecified atom stereocenters. The number of ketones is 1. The molecule has 2 heterocycles. The lowest BCUT2D eigenvalue weighted by atomic mass is 9.95. The molecule has 0 radical (unpaired) electrons. The Morgan fingerprint density at radius 3 is 2.50 bits per heavy atom. The Bertz CT molecular complexity index is 1040. The molecule has 1 N–H and O–H groups in total. The molecule has 0 aromatic heterocycles. The number of likely N-dealkylation sites (tertiary alicyclic amines) is 1. The zero-order valence-electron chi connectivity index (χ0n) is 19.3. The van der Waals surface area contributed by atoms with E-state index in [0.717, 1.165) is 43.4 Å². The molecular weight excluding hydrogens is 454 g/mol. The molecule has 1 amide bonds. The number of amides is 1. The minimum atomic E-state index is -0.714.